The number of aryl methyl sites for hydroxylation is 1. The predicted octanol–water partition coefficient (Wildman–Crippen LogP) is 0.614. The van der Waals surface area contributed by atoms with Gasteiger partial charge in [-0.2, -0.15) is 5.10 Å². The standard InChI is InChI=1S/C13H17FN6OS/c1-19-6-9(3-17-19)7-20-8-10(14)2-11(20)4-15-13(21)12-5-16-18-22-12/h3,5-6,10-11H,2,4,7-8H2,1H3,(H,15,21)/t10-,11-/m0/s1. The molecule has 0 bridgehead atoms. The van der Waals surface area contributed by atoms with Gasteiger partial charge in [-0.25, -0.2) is 4.39 Å². The number of halogens is 1. The topological polar surface area (TPSA) is 75.9 Å². The minimum Gasteiger partial charge on any atom is -0.350 e. The zero-order valence-electron chi connectivity index (χ0n) is 12.1. The first-order chi connectivity index (χ1) is 10.6. The first-order valence-corrected chi connectivity index (χ1v) is 7.80. The molecule has 9 heteroatoms. The summed E-state index contributed by atoms with van der Waals surface area (Å²) in [6, 6.07) is -0.0139. The van der Waals surface area contributed by atoms with E-state index in [1.165, 1.54) is 6.20 Å². The predicted molar refractivity (Wildman–Crippen MR) is 79.2 cm³/mol. The Morgan fingerprint density at radius 3 is 3.09 bits per heavy atom. The highest BCUT2D eigenvalue weighted by Crippen LogP contribution is 2.22. The van der Waals surface area contributed by atoms with Gasteiger partial charge in [0.15, 0.2) is 0 Å². The van der Waals surface area contributed by atoms with Gasteiger partial charge in [0.05, 0.1) is 12.4 Å². The molecule has 1 N–H and O–H groups in total. The molecule has 3 heterocycles. The van der Waals surface area contributed by atoms with Crippen LogP contribution < -0.4 is 5.32 Å². The van der Waals surface area contributed by atoms with Crippen molar-refractivity contribution in [2.45, 2.75) is 25.2 Å². The van der Waals surface area contributed by atoms with E-state index in [9.17, 15) is 9.18 Å². The summed E-state index contributed by atoms with van der Waals surface area (Å²) in [6.45, 7) is 1.44. The molecule has 1 amide bonds. The smallest absolute Gasteiger partial charge is 0.264 e. The van der Waals surface area contributed by atoms with Crippen molar-refractivity contribution < 1.29 is 9.18 Å². The zero-order valence-corrected chi connectivity index (χ0v) is 13.0. The molecule has 3 rings (SSSR count). The number of hydrogen-bond acceptors (Lipinski definition) is 6. The fourth-order valence-electron chi connectivity index (χ4n) is 2.68. The molecule has 118 valence electrons. The lowest BCUT2D eigenvalue weighted by Gasteiger charge is -2.23. The monoisotopic (exact) mass is 324 g/mol. The van der Waals surface area contributed by atoms with Gasteiger partial charge in [-0.15, -0.1) is 5.10 Å². The summed E-state index contributed by atoms with van der Waals surface area (Å²) < 4.78 is 19.1. The molecule has 0 saturated carbocycles. The summed E-state index contributed by atoms with van der Waals surface area (Å²) in [5.74, 6) is -0.210. The second-order valence-electron chi connectivity index (χ2n) is 5.43. The SMILES string of the molecule is Cn1cc(CN2C[C@@H](F)C[C@H]2CNC(=O)c2cnns2)cn1. The van der Waals surface area contributed by atoms with Crippen LogP contribution in [0.5, 0.6) is 0 Å². The number of carbonyl (C=O) groups excluding carboxylic acids is 1. The average Bonchev–Trinajstić information content (AvgIpc) is 3.19. The lowest BCUT2D eigenvalue weighted by molar-refractivity contribution is 0.0943. The number of likely N-dealkylation sites (tertiary alicyclic amines) is 1. The van der Waals surface area contributed by atoms with Crippen molar-refractivity contribution in [3.63, 3.8) is 0 Å². The molecule has 2 aromatic rings. The van der Waals surface area contributed by atoms with Crippen LogP contribution in [0, 0.1) is 0 Å². The van der Waals surface area contributed by atoms with Gasteiger partial charge < -0.3 is 5.32 Å². The van der Waals surface area contributed by atoms with E-state index < -0.39 is 6.17 Å². The molecule has 2 aromatic heterocycles. The first kappa shape index (κ1) is 15.0. The summed E-state index contributed by atoms with van der Waals surface area (Å²) in [6.07, 6.45) is 4.71. The number of nitrogens with one attached hydrogen (secondary N) is 1. The average molecular weight is 324 g/mol. The van der Waals surface area contributed by atoms with E-state index in [4.69, 9.17) is 0 Å². The highest BCUT2D eigenvalue weighted by molar-refractivity contribution is 7.07. The van der Waals surface area contributed by atoms with Crippen LogP contribution in [0.25, 0.3) is 0 Å². The van der Waals surface area contributed by atoms with Gasteiger partial charge in [0.25, 0.3) is 5.91 Å². The molecule has 0 aromatic carbocycles. The summed E-state index contributed by atoms with van der Waals surface area (Å²) in [5.41, 5.74) is 1.04. The van der Waals surface area contributed by atoms with Crippen LogP contribution in [0.4, 0.5) is 4.39 Å². The van der Waals surface area contributed by atoms with Crippen LogP contribution in [0.2, 0.25) is 0 Å². The van der Waals surface area contributed by atoms with Crippen LogP contribution in [0.3, 0.4) is 0 Å². The number of rotatable bonds is 5. The quantitative estimate of drug-likeness (QED) is 0.872. The second kappa shape index (κ2) is 6.49. The third-order valence-corrected chi connectivity index (χ3v) is 4.37. The molecular weight excluding hydrogens is 307 g/mol. The van der Waals surface area contributed by atoms with Crippen LogP contribution in [0.1, 0.15) is 21.7 Å². The fraction of sp³-hybridized carbons (Fsp3) is 0.538. The highest BCUT2D eigenvalue weighted by atomic mass is 32.1. The Bertz CT molecular complexity index is 630. The Kier molecular flexibility index (Phi) is 4.44. The number of aromatic nitrogens is 4. The molecule has 2 atom stereocenters. The second-order valence-corrected chi connectivity index (χ2v) is 6.22. The van der Waals surface area contributed by atoms with Gasteiger partial charge in [0.1, 0.15) is 11.0 Å². The van der Waals surface area contributed by atoms with Gasteiger partial charge in [-0.1, -0.05) is 4.49 Å². The molecule has 1 aliphatic heterocycles. The maximum absolute atomic E-state index is 13.7. The molecule has 0 spiro atoms. The number of alkyl halides is 1. The van der Waals surface area contributed by atoms with Gasteiger partial charge in [-0.3, -0.25) is 14.4 Å². The Balaban J connectivity index is 1.57. The summed E-state index contributed by atoms with van der Waals surface area (Å²) in [7, 11) is 1.85. The van der Waals surface area contributed by atoms with Crippen molar-refractivity contribution in [2.75, 3.05) is 13.1 Å². The van der Waals surface area contributed by atoms with Crippen molar-refractivity contribution >= 4 is 17.4 Å². The van der Waals surface area contributed by atoms with Crippen LogP contribution in [-0.4, -0.2) is 55.5 Å². The number of carbonyl (C=O) groups is 1. The molecule has 0 aliphatic carbocycles. The first-order valence-electron chi connectivity index (χ1n) is 7.03. The molecule has 22 heavy (non-hydrogen) atoms. The van der Waals surface area contributed by atoms with Crippen LogP contribution in [-0.2, 0) is 13.6 Å². The van der Waals surface area contributed by atoms with E-state index in [0.717, 1.165) is 17.1 Å². The van der Waals surface area contributed by atoms with Gasteiger partial charge in [0, 0.05) is 44.5 Å². The van der Waals surface area contributed by atoms with E-state index in [2.05, 4.69) is 20.0 Å². The van der Waals surface area contributed by atoms with E-state index in [1.807, 2.05) is 18.1 Å². The fourth-order valence-corrected chi connectivity index (χ4v) is 3.11. The van der Waals surface area contributed by atoms with E-state index in [0.29, 0.717) is 30.9 Å². The molecular formula is C13H17FN6OS. The summed E-state index contributed by atoms with van der Waals surface area (Å²) in [4.78, 5) is 14.4. The van der Waals surface area contributed by atoms with Crippen molar-refractivity contribution in [3.8, 4) is 0 Å². The molecule has 7 nitrogen and oxygen atoms in total. The van der Waals surface area contributed by atoms with Crippen LogP contribution in [0.15, 0.2) is 18.6 Å². The normalized spacial score (nSPS) is 22.1. The van der Waals surface area contributed by atoms with Gasteiger partial charge in [-0.05, 0) is 18.0 Å². The third-order valence-electron chi connectivity index (χ3n) is 3.70. The molecule has 0 unspecified atom stereocenters. The number of hydrogen-bond donors (Lipinski definition) is 1. The molecule has 1 aliphatic rings. The van der Waals surface area contributed by atoms with Crippen LogP contribution >= 0.6 is 11.5 Å². The lowest BCUT2D eigenvalue weighted by Crippen LogP contribution is -2.39. The summed E-state index contributed by atoms with van der Waals surface area (Å²) in [5, 5.41) is 10.6. The van der Waals surface area contributed by atoms with Gasteiger partial charge in [0.2, 0.25) is 0 Å². The minimum absolute atomic E-state index is 0.0139. The maximum atomic E-state index is 13.7. The van der Waals surface area contributed by atoms with Crippen molar-refractivity contribution in [2.24, 2.45) is 7.05 Å². The van der Waals surface area contributed by atoms with Crippen molar-refractivity contribution in [1.29, 1.82) is 0 Å². The zero-order chi connectivity index (χ0) is 15.5. The minimum atomic E-state index is -0.858. The maximum Gasteiger partial charge on any atom is 0.264 e. The highest BCUT2D eigenvalue weighted by Gasteiger charge is 2.32. The number of amides is 1. The Morgan fingerprint density at radius 1 is 1.55 bits per heavy atom. The third kappa shape index (κ3) is 3.47. The Hall–Kier alpha value is -1.87. The van der Waals surface area contributed by atoms with E-state index >= 15 is 0 Å². The molecule has 1 saturated heterocycles. The van der Waals surface area contributed by atoms with Crippen molar-refractivity contribution in [3.05, 3.63) is 29.0 Å². The molecule has 0 radical (unpaired) electrons. The summed E-state index contributed by atoms with van der Waals surface area (Å²) >= 11 is 1.05. The Morgan fingerprint density at radius 2 is 2.41 bits per heavy atom. The van der Waals surface area contributed by atoms with E-state index in [1.54, 1.807) is 10.9 Å². The number of nitrogens with zero attached hydrogens (tertiary/aromatic N) is 5. The molecule has 1 fully saturated rings. The lowest BCUT2D eigenvalue weighted by atomic mass is 10.2. The Labute approximate surface area is 131 Å². The largest absolute Gasteiger partial charge is 0.350 e. The van der Waals surface area contributed by atoms with E-state index in [-0.39, 0.29) is 11.9 Å². The van der Waals surface area contributed by atoms with Crippen molar-refractivity contribution in [1.82, 2.24) is 29.6 Å². The van der Waals surface area contributed by atoms with Gasteiger partial charge >= 0.3 is 0 Å².